The highest BCUT2D eigenvalue weighted by Gasteiger charge is 2.16. The molecule has 0 saturated heterocycles. The van der Waals surface area contributed by atoms with Crippen LogP contribution < -0.4 is 20.3 Å². The minimum atomic E-state index is -0.172. The van der Waals surface area contributed by atoms with Crippen molar-refractivity contribution >= 4 is 23.2 Å². The van der Waals surface area contributed by atoms with Gasteiger partial charge < -0.3 is 20.3 Å². The van der Waals surface area contributed by atoms with Gasteiger partial charge in [0.15, 0.2) is 13.1 Å². The number of carbonyl (C=O) groups is 2. The zero-order chi connectivity index (χ0) is 22.2. The molecule has 31 heavy (non-hydrogen) atoms. The SMILES string of the molecule is Cc1cccc(C)c1NC(=O)C[NH+](C)CC(=O)Nc1cccc(Oc2ccccc2)c1. The lowest BCUT2D eigenvalue weighted by Gasteiger charge is -2.16. The van der Waals surface area contributed by atoms with Crippen molar-refractivity contribution in [2.24, 2.45) is 0 Å². The van der Waals surface area contributed by atoms with Gasteiger partial charge in [-0.05, 0) is 49.2 Å². The molecular weight excluding hydrogens is 390 g/mol. The van der Waals surface area contributed by atoms with E-state index in [1.54, 1.807) is 12.1 Å². The van der Waals surface area contributed by atoms with E-state index in [9.17, 15) is 9.59 Å². The molecule has 0 saturated carbocycles. The smallest absolute Gasteiger partial charge is 0.279 e. The van der Waals surface area contributed by atoms with E-state index in [0.29, 0.717) is 11.4 Å². The number of benzene rings is 3. The average molecular weight is 419 g/mol. The largest absolute Gasteiger partial charge is 0.457 e. The zero-order valence-corrected chi connectivity index (χ0v) is 18.1. The number of amides is 2. The van der Waals surface area contributed by atoms with Crippen LogP contribution in [0.4, 0.5) is 11.4 Å². The van der Waals surface area contributed by atoms with Gasteiger partial charge in [0.1, 0.15) is 11.5 Å². The summed E-state index contributed by atoms with van der Waals surface area (Å²) >= 11 is 0. The topological polar surface area (TPSA) is 71.9 Å². The third-order valence-corrected chi connectivity index (χ3v) is 4.77. The number of likely N-dealkylation sites (N-methyl/N-ethyl adjacent to an activating group) is 1. The molecule has 6 heteroatoms. The van der Waals surface area contributed by atoms with Crippen molar-refractivity contribution < 1.29 is 19.2 Å². The van der Waals surface area contributed by atoms with E-state index < -0.39 is 0 Å². The minimum Gasteiger partial charge on any atom is -0.457 e. The van der Waals surface area contributed by atoms with E-state index in [1.807, 2.05) is 81.6 Å². The van der Waals surface area contributed by atoms with Gasteiger partial charge in [-0.15, -0.1) is 0 Å². The van der Waals surface area contributed by atoms with E-state index in [-0.39, 0.29) is 24.9 Å². The van der Waals surface area contributed by atoms with Crippen LogP contribution in [0.2, 0.25) is 0 Å². The molecule has 0 fully saturated rings. The fraction of sp³-hybridized carbons (Fsp3) is 0.200. The van der Waals surface area contributed by atoms with Crippen molar-refractivity contribution in [3.63, 3.8) is 0 Å². The average Bonchev–Trinajstić information content (AvgIpc) is 2.71. The highest BCUT2D eigenvalue weighted by atomic mass is 16.5. The predicted octanol–water partition coefficient (Wildman–Crippen LogP) is 3.19. The molecule has 0 aliphatic heterocycles. The van der Waals surface area contributed by atoms with E-state index >= 15 is 0 Å². The van der Waals surface area contributed by atoms with E-state index in [4.69, 9.17) is 4.74 Å². The molecule has 3 rings (SSSR count). The molecule has 3 aromatic rings. The highest BCUT2D eigenvalue weighted by Crippen LogP contribution is 2.23. The maximum Gasteiger partial charge on any atom is 0.279 e. The first-order chi connectivity index (χ1) is 14.9. The standard InChI is InChI=1S/C25H27N3O3/c1-18-9-7-10-19(2)25(18)27-24(30)17-28(3)16-23(29)26-20-11-8-14-22(15-20)31-21-12-5-4-6-13-21/h4-15H,16-17H2,1-3H3,(H,26,29)(H,27,30)/p+1. The molecule has 2 amide bonds. The van der Waals surface area contributed by atoms with Crippen molar-refractivity contribution in [2.75, 3.05) is 30.8 Å². The van der Waals surface area contributed by atoms with E-state index in [2.05, 4.69) is 10.6 Å². The van der Waals surface area contributed by atoms with Crippen molar-refractivity contribution in [1.29, 1.82) is 0 Å². The Bertz CT molecular complexity index is 1030. The number of anilines is 2. The summed E-state index contributed by atoms with van der Waals surface area (Å²) in [5, 5.41) is 5.82. The molecule has 160 valence electrons. The van der Waals surface area contributed by atoms with Gasteiger partial charge in [0, 0.05) is 17.4 Å². The summed E-state index contributed by atoms with van der Waals surface area (Å²) < 4.78 is 5.80. The van der Waals surface area contributed by atoms with Gasteiger partial charge in [-0.3, -0.25) is 9.59 Å². The number of quaternary nitrogens is 1. The van der Waals surface area contributed by atoms with Crippen LogP contribution in [0.1, 0.15) is 11.1 Å². The van der Waals surface area contributed by atoms with Gasteiger partial charge in [-0.1, -0.05) is 42.5 Å². The number of nitrogens with one attached hydrogen (secondary N) is 3. The number of hydrogen-bond donors (Lipinski definition) is 3. The second-order valence-electron chi connectivity index (χ2n) is 7.62. The highest BCUT2D eigenvalue weighted by molar-refractivity contribution is 5.94. The molecule has 0 heterocycles. The van der Waals surface area contributed by atoms with Gasteiger partial charge in [-0.2, -0.15) is 0 Å². The normalized spacial score (nSPS) is 11.5. The molecule has 3 aromatic carbocycles. The Hall–Kier alpha value is -3.64. The molecule has 1 atom stereocenters. The number of hydrogen-bond acceptors (Lipinski definition) is 3. The number of ether oxygens (including phenoxy) is 1. The van der Waals surface area contributed by atoms with Crippen molar-refractivity contribution in [3.05, 3.63) is 83.9 Å². The summed E-state index contributed by atoms with van der Waals surface area (Å²) in [6.45, 7) is 4.28. The Morgan fingerprint density at radius 3 is 2.03 bits per heavy atom. The van der Waals surface area contributed by atoms with Gasteiger partial charge in [-0.25, -0.2) is 0 Å². The number of rotatable bonds is 8. The van der Waals surface area contributed by atoms with Crippen LogP contribution in [0.15, 0.2) is 72.8 Å². The Morgan fingerprint density at radius 1 is 0.774 bits per heavy atom. The molecule has 0 aromatic heterocycles. The number of para-hydroxylation sites is 2. The third-order valence-electron chi connectivity index (χ3n) is 4.77. The van der Waals surface area contributed by atoms with E-state index in [0.717, 1.165) is 27.5 Å². The van der Waals surface area contributed by atoms with E-state index in [1.165, 1.54) is 0 Å². The lowest BCUT2D eigenvalue weighted by Crippen LogP contribution is -3.11. The maximum absolute atomic E-state index is 12.4. The molecule has 0 spiro atoms. The molecular formula is C25H28N3O3+. The Balaban J connectivity index is 1.51. The van der Waals surface area contributed by atoms with Gasteiger partial charge in [0.25, 0.3) is 11.8 Å². The Labute approximate surface area is 182 Å². The summed E-state index contributed by atoms with van der Waals surface area (Å²) in [6, 6.07) is 22.6. The summed E-state index contributed by atoms with van der Waals surface area (Å²) in [7, 11) is 1.82. The fourth-order valence-electron chi connectivity index (χ4n) is 3.27. The molecule has 6 nitrogen and oxygen atoms in total. The monoisotopic (exact) mass is 418 g/mol. The first kappa shape index (κ1) is 22.1. The molecule has 0 aliphatic rings. The zero-order valence-electron chi connectivity index (χ0n) is 18.1. The predicted molar refractivity (Wildman–Crippen MR) is 123 cm³/mol. The first-order valence-corrected chi connectivity index (χ1v) is 10.2. The Kier molecular flexibility index (Phi) is 7.40. The van der Waals surface area contributed by atoms with Crippen LogP contribution in [0.25, 0.3) is 0 Å². The molecule has 0 aliphatic carbocycles. The summed E-state index contributed by atoms with van der Waals surface area (Å²) in [5.41, 5.74) is 3.51. The Morgan fingerprint density at radius 2 is 1.35 bits per heavy atom. The molecule has 3 N–H and O–H groups in total. The lowest BCUT2D eigenvalue weighted by molar-refractivity contribution is -0.862. The lowest BCUT2D eigenvalue weighted by atomic mass is 10.1. The van der Waals surface area contributed by atoms with Gasteiger partial charge in [0.05, 0.1) is 7.05 Å². The minimum absolute atomic E-state index is 0.124. The van der Waals surface area contributed by atoms with Crippen LogP contribution in [-0.4, -0.2) is 32.0 Å². The van der Waals surface area contributed by atoms with Gasteiger partial charge in [0.2, 0.25) is 0 Å². The second-order valence-corrected chi connectivity index (χ2v) is 7.62. The van der Waals surface area contributed by atoms with Crippen LogP contribution >= 0.6 is 0 Å². The molecule has 0 bridgehead atoms. The summed E-state index contributed by atoms with van der Waals surface area (Å²) in [4.78, 5) is 25.6. The van der Waals surface area contributed by atoms with Crippen LogP contribution in [0.5, 0.6) is 11.5 Å². The van der Waals surface area contributed by atoms with Crippen LogP contribution in [0.3, 0.4) is 0 Å². The summed E-state index contributed by atoms with van der Waals surface area (Å²) in [6.07, 6.45) is 0. The van der Waals surface area contributed by atoms with Crippen LogP contribution in [0, 0.1) is 13.8 Å². The third kappa shape index (κ3) is 6.69. The number of carbonyl (C=O) groups excluding carboxylic acids is 2. The quantitative estimate of drug-likeness (QED) is 0.526. The first-order valence-electron chi connectivity index (χ1n) is 10.2. The molecule has 0 radical (unpaired) electrons. The maximum atomic E-state index is 12.4. The fourth-order valence-corrected chi connectivity index (χ4v) is 3.27. The molecule has 1 unspecified atom stereocenters. The second kappa shape index (κ2) is 10.4. The van der Waals surface area contributed by atoms with Crippen molar-refractivity contribution in [2.45, 2.75) is 13.8 Å². The van der Waals surface area contributed by atoms with Gasteiger partial charge >= 0.3 is 0 Å². The summed E-state index contributed by atoms with van der Waals surface area (Å²) in [5.74, 6) is 1.07. The van der Waals surface area contributed by atoms with Crippen molar-refractivity contribution in [3.8, 4) is 11.5 Å². The van der Waals surface area contributed by atoms with Crippen LogP contribution in [-0.2, 0) is 9.59 Å². The van der Waals surface area contributed by atoms with Crippen molar-refractivity contribution in [1.82, 2.24) is 0 Å². The number of aryl methyl sites for hydroxylation is 2.